The predicted molar refractivity (Wildman–Crippen MR) is 59.7 cm³/mol. The van der Waals surface area contributed by atoms with Crippen LogP contribution in [0.15, 0.2) is 0 Å². The summed E-state index contributed by atoms with van der Waals surface area (Å²) in [5, 5.41) is 3.48. The third kappa shape index (κ3) is 2.40. The Kier molecular flexibility index (Phi) is 4.11. The van der Waals surface area contributed by atoms with Crippen LogP contribution in [0.1, 0.15) is 13.8 Å². The second-order valence-corrected chi connectivity index (χ2v) is 4.59. The lowest BCUT2D eigenvalue weighted by molar-refractivity contribution is 0.305. The first-order chi connectivity index (χ1) is 6.25. The summed E-state index contributed by atoms with van der Waals surface area (Å²) in [5.74, 6) is 8.90. The molecule has 3 N–H and O–H groups in total. The molecule has 1 heterocycles. The maximum absolute atomic E-state index is 5.82. The van der Waals surface area contributed by atoms with Crippen LogP contribution in [0.4, 0.5) is 0 Å². The van der Waals surface area contributed by atoms with E-state index < -0.39 is 0 Å². The van der Waals surface area contributed by atoms with E-state index in [0.29, 0.717) is 12.5 Å². The van der Waals surface area contributed by atoms with Crippen molar-refractivity contribution in [1.82, 2.24) is 5.32 Å². The lowest BCUT2D eigenvalue weighted by Gasteiger charge is -2.32. The Morgan fingerprint density at radius 2 is 2.46 bits per heavy atom. The van der Waals surface area contributed by atoms with Gasteiger partial charge in [-0.25, -0.2) is 0 Å². The number of hydrogen-bond acceptors (Lipinski definition) is 3. The second-order valence-electron chi connectivity index (χ2n) is 3.56. The zero-order chi connectivity index (χ0) is 9.73. The predicted octanol–water partition coefficient (Wildman–Crippen LogP) is 0.680. The monoisotopic (exact) mass is 198 g/mol. The fraction of sp³-hybridized carbons (Fsp3) is 0.800. The van der Waals surface area contributed by atoms with Gasteiger partial charge in [0.1, 0.15) is 0 Å². The molecule has 0 aromatic rings. The van der Waals surface area contributed by atoms with Crippen molar-refractivity contribution < 1.29 is 0 Å². The largest absolute Gasteiger partial charge is 0.329 e. The Bertz CT molecular complexity index is 219. The molecule has 0 aromatic carbocycles. The summed E-state index contributed by atoms with van der Waals surface area (Å²) >= 11 is 1.98. The van der Waals surface area contributed by atoms with Gasteiger partial charge in [-0.05, 0) is 18.6 Å². The van der Waals surface area contributed by atoms with Crippen molar-refractivity contribution in [3.8, 4) is 11.8 Å². The smallest absolute Gasteiger partial charge is 0.0581 e. The topological polar surface area (TPSA) is 38.0 Å². The molecule has 1 aliphatic heterocycles. The van der Waals surface area contributed by atoms with E-state index in [1.54, 1.807) is 0 Å². The first-order valence-electron chi connectivity index (χ1n) is 4.67. The van der Waals surface area contributed by atoms with Crippen LogP contribution in [0.3, 0.4) is 0 Å². The first-order valence-corrected chi connectivity index (χ1v) is 5.83. The molecular weight excluding hydrogens is 180 g/mol. The fourth-order valence-electron chi connectivity index (χ4n) is 1.59. The summed E-state index contributed by atoms with van der Waals surface area (Å²) in [5.41, 5.74) is 5.95. The minimum Gasteiger partial charge on any atom is -0.329 e. The minimum absolute atomic E-state index is 0.133. The summed E-state index contributed by atoms with van der Waals surface area (Å²) < 4.78 is 0. The molecule has 1 fully saturated rings. The third-order valence-electron chi connectivity index (χ3n) is 2.74. The van der Waals surface area contributed by atoms with Crippen molar-refractivity contribution in [3.05, 3.63) is 0 Å². The lowest BCUT2D eigenvalue weighted by Crippen LogP contribution is -2.55. The maximum Gasteiger partial charge on any atom is 0.0581 e. The van der Waals surface area contributed by atoms with Crippen LogP contribution in [0.25, 0.3) is 0 Å². The summed E-state index contributed by atoms with van der Waals surface area (Å²) in [6, 6.07) is 0. The average Bonchev–Trinajstić information content (AvgIpc) is 2.49. The van der Waals surface area contributed by atoms with E-state index in [0.717, 1.165) is 12.3 Å². The lowest BCUT2D eigenvalue weighted by atomic mass is 9.88. The molecule has 0 bridgehead atoms. The molecule has 0 saturated carbocycles. The van der Waals surface area contributed by atoms with Gasteiger partial charge in [0.15, 0.2) is 0 Å². The highest BCUT2D eigenvalue weighted by atomic mass is 32.2. The molecule has 0 amide bonds. The fourth-order valence-corrected chi connectivity index (χ4v) is 3.24. The van der Waals surface area contributed by atoms with E-state index in [4.69, 9.17) is 5.73 Å². The normalized spacial score (nSPS) is 32.7. The number of hydrogen-bond donors (Lipinski definition) is 2. The van der Waals surface area contributed by atoms with Crippen molar-refractivity contribution in [2.75, 3.05) is 24.6 Å². The highest BCUT2D eigenvalue weighted by Crippen LogP contribution is 2.32. The Balaban J connectivity index is 2.52. The molecule has 74 valence electrons. The molecule has 1 rings (SSSR count). The number of nitrogens with two attached hydrogens (primary N) is 1. The summed E-state index contributed by atoms with van der Waals surface area (Å²) in [4.78, 5) is 0. The Morgan fingerprint density at radius 3 is 2.92 bits per heavy atom. The van der Waals surface area contributed by atoms with Crippen LogP contribution in [0.5, 0.6) is 0 Å². The maximum atomic E-state index is 5.82. The standard InChI is InChI=1S/C10H18N2S/c1-3-4-5-12-10(7-11)8-13-6-9(10)2/h9,12H,5-8,11H2,1-2H3. The van der Waals surface area contributed by atoms with Gasteiger partial charge in [-0.1, -0.05) is 12.8 Å². The third-order valence-corrected chi connectivity index (χ3v) is 4.20. The summed E-state index contributed by atoms with van der Waals surface area (Å²) in [6.07, 6.45) is 0. The van der Waals surface area contributed by atoms with E-state index >= 15 is 0 Å². The van der Waals surface area contributed by atoms with Crippen LogP contribution in [-0.2, 0) is 0 Å². The molecule has 0 radical (unpaired) electrons. The van der Waals surface area contributed by atoms with Crippen LogP contribution < -0.4 is 11.1 Å². The van der Waals surface area contributed by atoms with E-state index in [1.165, 1.54) is 5.75 Å². The van der Waals surface area contributed by atoms with E-state index in [1.807, 2.05) is 18.7 Å². The Morgan fingerprint density at radius 1 is 1.69 bits per heavy atom. The molecule has 0 aromatic heterocycles. The van der Waals surface area contributed by atoms with Crippen LogP contribution in [0, 0.1) is 17.8 Å². The van der Waals surface area contributed by atoms with Crippen LogP contribution >= 0.6 is 11.8 Å². The second kappa shape index (κ2) is 4.90. The van der Waals surface area contributed by atoms with Gasteiger partial charge in [0.05, 0.1) is 6.54 Å². The first kappa shape index (κ1) is 10.9. The van der Waals surface area contributed by atoms with Crippen molar-refractivity contribution in [2.45, 2.75) is 19.4 Å². The van der Waals surface area contributed by atoms with Gasteiger partial charge in [-0.3, -0.25) is 5.32 Å². The molecule has 2 nitrogen and oxygen atoms in total. The molecule has 2 unspecified atom stereocenters. The molecule has 1 saturated heterocycles. The van der Waals surface area contributed by atoms with E-state index in [2.05, 4.69) is 24.1 Å². The number of thioether (sulfide) groups is 1. The Hall–Kier alpha value is -0.170. The number of rotatable bonds is 3. The van der Waals surface area contributed by atoms with Crippen LogP contribution in [0.2, 0.25) is 0 Å². The van der Waals surface area contributed by atoms with E-state index in [-0.39, 0.29) is 5.54 Å². The van der Waals surface area contributed by atoms with Gasteiger partial charge < -0.3 is 5.73 Å². The molecule has 0 spiro atoms. The molecule has 3 heteroatoms. The average molecular weight is 198 g/mol. The molecule has 13 heavy (non-hydrogen) atoms. The minimum atomic E-state index is 0.133. The number of nitrogens with one attached hydrogen (secondary N) is 1. The zero-order valence-electron chi connectivity index (χ0n) is 8.39. The van der Waals surface area contributed by atoms with E-state index in [9.17, 15) is 0 Å². The van der Waals surface area contributed by atoms with Crippen LogP contribution in [-0.4, -0.2) is 30.1 Å². The van der Waals surface area contributed by atoms with Gasteiger partial charge in [0.2, 0.25) is 0 Å². The van der Waals surface area contributed by atoms with Gasteiger partial charge in [-0.15, -0.1) is 5.92 Å². The van der Waals surface area contributed by atoms with Crippen molar-refractivity contribution in [1.29, 1.82) is 0 Å². The van der Waals surface area contributed by atoms with Gasteiger partial charge in [-0.2, -0.15) is 11.8 Å². The van der Waals surface area contributed by atoms with Crippen molar-refractivity contribution in [2.24, 2.45) is 11.7 Å². The summed E-state index contributed by atoms with van der Waals surface area (Å²) in [6.45, 7) is 5.61. The molecule has 1 aliphatic rings. The highest BCUT2D eigenvalue weighted by molar-refractivity contribution is 7.99. The van der Waals surface area contributed by atoms with Crippen molar-refractivity contribution >= 4 is 11.8 Å². The Labute approximate surface area is 85.0 Å². The highest BCUT2D eigenvalue weighted by Gasteiger charge is 2.38. The quantitative estimate of drug-likeness (QED) is 0.655. The molecular formula is C10H18N2S. The van der Waals surface area contributed by atoms with Gasteiger partial charge in [0.25, 0.3) is 0 Å². The SMILES string of the molecule is CC#CCNC1(CN)CSCC1C. The molecule has 2 atom stereocenters. The van der Waals surface area contributed by atoms with Crippen molar-refractivity contribution in [3.63, 3.8) is 0 Å². The van der Waals surface area contributed by atoms with Gasteiger partial charge in [0, 0.05) is 17.8 Å². The summed E-state index contributed by atoms with van der Waals surface area (Å²) in [7, 11) is 0. The molecule has 0 aliphatic carbocycles. The zero-order valence-corrected chi connectivity index (χ0v) is 9.21. The van der Waals surface area contributed by atoms with Gasteiger partial charge >= 0.3 is 0 Å².